The third kappa shape index (κ3) is 37.4. The number of likely N-dealkylation sites (N-methyl/N-ethyl adjacent to an activating group) is 2. The predicted octanol–water partition coefficient (Wildman–Crippen LogP) is -1.09. The molecule has 0 atom stereocenters. The highest BCUT2D eigenvalue weighted by Gasteiger charge is 2.13. The minimum absolute atomic E-state index is 0.0493. The Morgan fingerprint density at radius 3 is 1.18 bits per heavy atom. The van der Waals surface area contributed by atoms with E-state index in [9.17, 15) is 14.4 Å². The molecule has 0 radical (unpaired) electrons. The third-order valence-corrected chi connectivity index (χ3v) is 6.48. The van der Waals surface area contributed by atoms with Crippen molar-refractivity contribution in [3.05, 3.63) is 0 Å². The lowest BCUT2D eigenvalue weighted by molar-refractivity contribution is -0.134. The minimum Gasteiger partial charge on any atom is -0.379 e. The summed E-state index contributed by atoms with van der Waals surface area (Å²) in [6.45, 7) is 11.8. The Morgan fingerprint density at radius 1 is 0.460 bits per heavy atom. The fourth-order valence-electron chi connectivity index (χ4n) is 3.76. The summed E-state index contributed by atoms with van der Waals surface area (Å²) in [6, 6.07) is 0. The normalized spacial score (nSPS) is 11.2. The summed E-state index contributed by atoms with van der Waals surface area (Å²) in [5.41, 5.74) is 0. The molecule has 3 N–H and O–H groups in total. The van der Waals surface area contributed by atoms with Gasteiger partial charge < -0.3 is 73.0 Å². The van der Waals surface area contributed by atoms with Crippen molar-refractivity contribution in [2.75, 3.05) is 179 Å². The van der Waals surface area contributed by atoms with E-state index in [2.05, 4.69) is 16.0 Å². The molecule has 0 bridgehead atoms. The van der Waals surface area contributed by atoms with Crippen LogP contribution in [0.25, 0.3) is 0 Å². The van der Waals surface area contributed by atoms with E-state index < -0.39 is 0 Å². The minimum atomic E-state index is -0.171. The number of hydrogen-bond donors (Lipinski definition) is 3. The van der Waals surface area contributed by atoms with Crippen LogP contribution in [0, 0.1) is 0 Å². The van der Waals surface area contributed by atoms with Gasteiger partial charge in [-0.05, 0) is 14.1 Å². The average molecular weight is 727 g/mol. The van der Waals surface area contributed by atoms with E-state index in [1.807, 2.05) is 14.1 Å². The zero-order valence-electron chi connectivity index (χ0n) is 30.6. The zero-order chi connectivity index (χ0) is 36.4. The first-order chi connectivity index (χ1) is 24.7. The van der Waals surface area contributed by atoms with Gasteiger partial charge in [-0.25, -0.2) is 0 Å². The van der Waals surface area contributed by atoms with Gasteiger partial charge in [0.15, 0.2) is 0 Å². The largest absolute Gasteiger partial charge is 0.379 e. The molecular formula is C33H66N4O13. The first-order valence-corrected chi connectivity index (χ1v) is 17.7. The molecule has 0 rings (SSSR count). The lowest BCUT2D eigenvalue weighted by atomic mass is 10.3. The summed E-state index contributed by atoms with van der Waals surface area (Å²) in [4.78, 5) is 36.3. The highest BCUT2D eigenvalue weighted by atomic mass is 16.6. The molecule has 0 aromatic heterocycles. The standard InChI is InChI=1S/C33H66N4O13/c1-34-6-13-42-19-25-48-28-22-45-16-9-37(10-17-46-23-29-49-27-21-44-15-8-36-32(39)4-3-11-38)33(40)5-12-41-18-24-47-30-31-50-26-20-43-14-7-35-2/h11,34-35H,3-10,12-31H2,1-2H3,(H,36,39). The second-order valence-corrected chi connectivity index (χ2v) is 10.5. The lowest BCUT2D eigenvalue weighted by Crippen LogP contribution is -2.37. The summed E-state index contributed by atoms with van der Waals surface area (Å²) in [7, 11) is 3.76. The Labute approximate surface area is 298 Å². The second kappa shape index (κ2) is 41.5. The van der Waals surface area contributed by atoms with E-state index in [1.165, 1.54) is 0 Å². The molecule has 17 heteroatoms. The molecule has 0 aromatic rings. The van der Waals surface area contributed by atoms with Crippen molar-refractivity contribution in [1.82, 2.24) is 20.9 Å². The van der Waals surface area contributed by atoms with Gasteiger partial charge >= 0.3 is 0 Å². The van der Waals surface area contributed by atoms with Crippen molar-refractivity contribution in [2.24, 2.45) is 0 Å². The molecule has 17 nitrogen and oxygen atoms in total. The molecule has 0 heterocycles. The van der Waals surface area contributed by atoms with Crippen LogP contribution >= 0.6 is 0 Å². The number of rotatable bonds is 42. The van der Waals surface area contributed by atoms with E-state index in [0.717, 1.165) is 19.4 Å². The second-order valence-electron chi connectivity index (χ2n) is 10.5. The number of nitrogens with one attached hydrogen (secondary N) is 3. The quantitative estimate of drug-likeness (QED) is 0.0509. The highest BCUT2D eigenvalue weighted by molar-refractivity contribution is 5.78. The number of carbonyl (C=O) groups excluding carboxylic acids is 3. The smallest absolute Gasteiger partial charge is 0.225 e. The van der Waals surface area contributed by atoms with Crippen LogP contribution in [0.4, 0.5) is 0 Å². The predicted molar refractivity (Wildman–Crippen MR) is 186 cm³/mol. The zero-order valence-corrected chi connectivity index (χ0v) is 30.6. The van der Waals surface area contributed by atoms with Gasteiger partial charge in [0.1, 0.15) is 6.29 Å². The molecule has 0 aliphatic heterocycles. The van der Waals surface area contributed by atoms with Gasteiger partial charge in [0.25, 0.3) is 0 Å². The van der Waals surface area contributed by atoms with Crippen LogP contribution in [-0.2, 0) is 61.8 Å². The fourth-order valence-corrected chi connectivity index (χ4v) is 3.76. The average Bonchev–Trinajstić information content (AvgIpc) is 3.12. The van der Waals surface area contributed by atoms with Crippen molar-refractivity contribution in [1.29, 1.82) is 0 Å². The Morgan fingerprint density at radius 2 is 0.800 bits per heavy atom. The molecule has 0 aliphatic carbocycles. The molecule has 0 aliphatic rings. The first kappa shape index (κ1) is 48.1. The molecule has 0 saturated carbocycles. The Kier molecular flexibility index (Phi) is 40.0. The Balaban J connectivity index is 4.08. The Bertz CT molecular complexity index is 744. The van der Waals surface area contributed by atoms with Gasteiger partial charge in [-0.3, -0.25) is 9.59 Å². The van der Waals surface area contributed by atoms with E-state index in [1.54, 1.807) is 4.90 Å². The van der Waals surface area contributed by atoms with E-state index >= 15 is 0 Å². The van der Waals surface area contributed by atoms with Gasteiger partial charge in [0.2, 0.25) is 11.8 Å². The van der Waals surface area contributed by atoms with Gasteiger partial charge in [-0.2, -0.15) is 0 Å². The number of amides is 2. The molecule has 296 valence electrons. The molecular weight excluding hydrogens is 660 g/mol. The van der Waals surface area contributed by atoms with Gasteiger partial charge in [-0.15, -0.1) is 0 Å². The molecule has 0 fully saturated rings. The SMILES string of the molecule is CNCCOCCOCCOCCOCCC(=O)N(CCOCCOCCOCCNC)CCOCCOCCOCCNC(=O)CCC=O. The van der Waals surface area contributed by atoms with E-state index in [-0.39, 0.29) is 37.7 Å². The molecule has 2 amide bonds. The highest BCUT2D eigenvalue weighted by Crippen LogP contribution is 1.98. The van der Waals surface area contributed by atoms with Crippen molar-refractivity contribution in [2.45, 2.75) is 19.3 Å². The Hall–Kier alpha value is -1.87. The van der Waals surface area contributed by atoms with Crippen LogP contribution in [0.2, 0.25) is 0 Å². The summed E-state index contributed by atoms with van der Waals surface area (Å²) >= 11 is 0. The van der Waals surface area contributed by atoms with Crippen LogP contribution in [0.3, 0.4) is 0 Å². The number of ether oxygens (including phenoxy) is 10. The fraction of sp³-hybridized carbons (Fsp3) is 0.909. The summed E-state index contributed by atoms with van der Waals surface area (Å²) in [5, 5.41) is 8.70. The van der Waals surface area contributed by atoms with E-state index in [0.29, 0.717) is 145 Å². The van der Waals surface area contributed by atoms with E-state index in [4.69, 9.17) is 47.4 Å². The molecule has 0 saturated heterocycles. The van der Waals surface area contributed by atoms with Crippen molar-refractivity contribution in [3.8, 4) is 0 Å². The maximum absolute atomic E-state index is 12.9. The van der Waals surface area contributed by atoms with Crippen LogP contribution in [0.1, 0.15) is 19.3 Å². The van der Waals surface area contributed by atoms with Crippen molar-refractivity contribution in [3.63, 3.8) is 0 Å². The van der Waals surface area contributed by atoms with Gasteiger partial charge in [0.05, 0.1) is 139 Å². The third-order valence-electron chi connectivity index (χ3n) is 6.48. The summed E-state index contributed by atoms with van der Waals surface area (Å²) < 4.78 is 55.1. The first-order valence-electron chi connectivity index (χ1n) is 17.7. The van der Waals surface area contributed by atoms with Gasteiger partial charge in [0, 0.05) is 45.6 Å². The van der Waals surface area contributed by atoms with Crippen molar-refractivity contribution >= 4 is 18.1 Å². The monoisotopic (exact) mass is 726 g/mol. The maximum atomic E-state index is 12.9. The molecule has 0 aromatic carbocycles. The number of hydrogen-bond acceptors (Lipinski definition) is 15. The summed E-state index contributed by atoms with van der Waals surface area (Å²) in [6.07, 6.45) is 1.36. The van der Waals surface area contributed by atoms with Crippen LogP contribution in [-0.4, -0.2) is 202 Å². The molecule has 0 unspecified atom stereocenters. The maximum Gasteiger partial charge on any atom is 0.225 e. The number of nitrogens with zero attached hydrogens (tertiary/aromatic N) is 1. The number of carbonyl (C=O) groups is 3. The van der Waals surface area contributed by atoms with Crippen LogP contribution in [0.15, 0.2) is 0 Å². The lowest BCUT2D eigenvalue weighted by Gasteiger charge is -2.23. The van der Waals surface area contributed by atoms with Crippen molar-refractivity contribution < 1.29 is 61.8 Å². The topological polar surface area (TPSA) is 183 Å². The molecule has 0 spiro atoms. The van der Waals surface area contributed by atoms with Gasteiger partial charge in [-0.1, -0.05) is 0 Å². The number of aldehydes is 1. The van der Waals surface area contributed by atoms with Crippen LogP contribution < -0.4 is 16.0 Å². The van der Waals surface area contributed by atoms with Crippen LogP contribution in [0.5, 0.6) is 0 Å². The molecule has 50 heavy (non-hydrogen) atoms. The summed E-state index contributed by atoms with van der Waals surface area (Å²) in [5.74, 6) is -0.221.